The SMILES string of the molecule is Cc1cc2[nH]cc(C)c2cc1CN. The second kappa shape index (κ2) is 2.89. The molecule has 2 aromatic rings. The average Bonchev–Trinajstić information content (AvgIpc) is 2.46. The molecule has 0 unspecified atom stereocenters. The van der Waals surface area contributed by atoms with Crippen molar-refractivity contribution in [3.63, 3.8) is 0 Å². The summed E-state index contributed by atoms with van der Waals surface area (Å²) >= 11 is 0. The van der Waals surface area contributed by atoms with E-state index in [9.17, 15) is 0 Å². The highest BCUT2D eigenvalue weighted by Crippen LogP contribution is 2.21. The van der Waals surface area contributed by atoms with Crippen LogP contribution < -0.4 is 5.73 Å². The molecule has 2 heteroatoms. The van der Waals surface area contributed by atoms with E-state index < -0.39 is 0 Å². The zero-order chi connectivity index (χ0) is 9.42. The van der Waals surface area contributed by atoms with E-state index >= 15 is 0 Å². The van der Waals surface area contributed by atoms with Gasteiger partial charge in [-0.05, 0) is 42.7 Å². The Balaban J connectivity index is 2.77. The van der Waals surface area contributed by atoms with E-state index in [2.05, 4.69) is 31.0 Å². The lowest BCUT2D eigenvalue weighted by Gasteiger charge is -2.03. The van der Waals surface area contributed by atoms with Gasteiger partial charge < -0.3 is 10.7 Å². The molecule has 0 radical (unpaired) electrons. The monoisotopic (exact) mass is 174 g/mol. The molecular weight excluding hydrogens is 160 g/mol. The quantitative estimate of drug-likeness (QED) is 0.684. The Bertz CT molecular complexity index is 441. The van der Waals surface area contributed by atoms with E-state index in [1.165, 1.54) is 27.6 Å². The molecule has 2 nitrogen and oxygen atoms in total. The van der Waals surface area contributed by atoms with Crippen molar-refractivity contribution >= 4 is 10.9 Å². The summed E-state index contributed by atoms with van der Waals surface area (Å²) in [5.74, 6) is 0. The topological polar surface area (TPSA) is 41.8 Å². The van der Waals surface area contributed by atoms with Crippen molar-refractivity contribution in [2.45, 2.75) is 20.4 Å². The van der Waals surface area contributed by atoms with Crippen LogP contribution in [0.4, 0.5) is 0 Å². The van der Waals surface area contributed by atoms with Crippen LogP contribution in [-0.2, 0) is 6.54 Å². The van der Waals surface area contributed by atoms with Gasteiger partial charge in [-0.15, -0.1) is 0 Å². The molecule has 0 saturated carbocycles. The number of benzene rings is 1. The van der Waals surface area contributed by atoms with Crippen molar-refractivity contribution in [2.24, 2.45) is 5.73 Å². The Labute approximate surface area is 77.8 Å². The molecule has 68 valence electrons. The summed E-state index contributed by atoms with van der Waals surface area (Å²) in [6.45, 7) is 4.82. The summed E-state index contributed by atoms with van der Waals surface area (Å²) in [4.78, 5) is 3.24. The fourth-order valence-corrected chi connectivity index (χ4v) is 1.68. The maximum absolute atomic E-state index is 5.65. The molecule has 0 fully saturated rings. The molecule has 0 saturated heterocycles. The molecular formula is C11H14N2. The first-order valence-corrected chi connectivity index (χ1v) is 4.49. The van der Waals surface area contributed by atoms with Crippen LogP contribution in [0.2, 0.25) is 0 Å². The summed E-state index contributed by atoms with van der Waals surface area (Å²) in [6.07, 6.45) is 2.03. The molecule has 13 heavy (non-hydrogen) atoms. The molecule has 0 bridgehead atoms. The number of aromatic nitrogens is 1. The molecule has 0 aliphatic carbocycles. The normalized spacial score (nSPS) is 11.0. The molecule has 0 aliphatic heterocycles. The number of fused-ring (bicyclic) bond motifs is 1. The Morgan fingerprint density at radius 2 is 2.00 bits per heavy atom. The Kier molecular flexibility index (Phi) is 1.85. The van der Waals surface area contributed by atoms with Crippen molar-refractivity contribution in [1.29, 1.82) is 0 Å². The van der Waals surface area contributed by atoms with Gasteiger partial charge >= 0.3 is 0 Å². The molecule has 2 rings (SSSR count). The van der Waals surface area contributed by atoms with Crippen molar-refractivity contribution in [3.8, 4) is 0 Å². The number of aryl methyl sites for hydroxylation is 2. The van der Waals surface area contributed by atoms with Crippen LogP contribution in [0.1, 0.15) is 16.7 Å². The number of nitrogens with two attached hydrogens (primary N) is 1. The van der Waals surface area contributed by atoms with E-state index in [1.807, 2.05) is 6.20 Å². The van der Waals surface area contributed by atoms with Crippen LogP contribution >= 0.6 is 0 Å². The third kappa shape index (κ3) is 1.23. The van der Waals surface area contributed by atoms with Gasteiger partial charge in [0.2, 0.25) is 0 Å². The third-order valence-electron chi connectivity index (χ3n) is 2.57. The van der Waals surface area contributed by atoms with E-state index in [0.29, 0.717) is 6.54 Å². The number of H-pyrrole nitrogens is 1. The van der Waals surface area contributed by atoms with Crippen molar-refractivity contribution < 1.29 is 0 Å². The largest absolute Gasteiger partial charge is 0.361 e. The molecule has 0 aliphatic rings. The summed E-state index contributed by atoms with van der Waals surface area (Å²) in [7, 11) is 0. The number of hydrogen-bond acceptors (Lipinski definition) is 1. The minimum atomic E-state index is 0.617. The lowest BCUT2D eigenvalue weighted by Crippen LogP contribution is -1.98. The highest BCUT2D eigenvalue weighted by atomic mass is 14.7. The van der Waals surface area contributed by atoms with Crippen LogP contribution in [-0.4, -0.2) is 4.98 Å². The van der Waals surface area contributed by atoms with Crippen molar-refractivity contribution in [3.05, 3.63) is 35.0 Å². The van der Waals surface area contributed by atoms with Crippen LogP contribution in [0.15, 0.2) is 18.3 Å². The van der Waals surface area contributed by atoms with Gasteiger partial charge in [-0.2, -0.15) is 0 Å². The fraction of sp³-hybridized carbons (Fsp3) is 0.273. The highest BCUT2D eigenvalue weighted by Gasteiger charge is 2.03. The minimum absolute atomic E-state index is 0.617. The van der Waals surface area contributed by atoms with Gasteiger partial charge in [0.1, 0.15) is 0 Å². The van der Waals surface area contributed by atoms with Gasteiger partial charge in [0.15, 0.2) is 0 Å². The molecule has 0 amide bonds. The lowest BCUT2D eigenvalue weighted by atomic mass is 10.0. The lowest BCUT2D eigenvalue weighted by molar-refractivity contribution is 1.05. The van der Waals surface area contributed by atoms with Crippen LogP contribution in [0.5, 0.6) is 0 Å². The molecule has 0 spiro atoms. The van der Waals surface area contributed by atoms with E-state index in [-0.39, 0.29) is 0 Å². The molecule has 0 atom stereocenters. The molecule has 1 aromatic carbocycles. The van der Waals surface area contributed by atoms with Gasteiger partial charge in [-0.25, -0.2) is 0 Å². The van der Waals surface area contributed by atoms with E-state index in [4.69, 9.17) is 5.73 Å². The fourth-order valence-electron chi connectivity index (χ4n) is 1.68. The number of rotatable bonds is 1. The smallest absolute Gasteiger partial charge is 0.0459 e. The van der Waals surface area contributed by atoms with Gasteiger partial charge in [-0.3, -0.25) is 0 Å². The van der Waals surface area contributed by atoms with Gasteiger partial charge in [0.25, 0.3) is 0 Å². The highest BCUT2D eigenvalue weighted by molar-refractivity contribution is 5.84. The van der Waals surface area contributed by atoms with Gasteiger partial charge in [-0.1, -0.05) is 0 Å². The Morgan fingerprint density at radius 1 is 1.23 bits per heavy atom. The predicted molar refractivity (Wildman–Crippen MR) is 55.7 cm³/mol. The zero-order valence-corrected chi connectivity index (χ0v) is 8.02. The maximum Gasteiger partial charge on any atom is 0.0459 e. The molecule has 3 N–H and O–H groups in total. The number of nitrogens with one attached hydrogen (secondary N) is 1. The van der Waals surface area contributed by atoms with Crippen molar-refractivity contribution in [1.82, 2.24) is 4.98 Å². The Hall–Kier alpha value is -1.28. The Morgan fingerprint density at radius 3 is 2.69 bits per heavy atom. The summed E-state index contributed by atoms with van der Waals surface area (Å²) in [6, 6.07) is 4.33. The standard InChI is InChI=1S/C11H14N2/c1-7-3-11-10(4-9(7)5-12)8(2)6-13-11/h3-4,6,13H,5,12H2,1-2H3. The van der Waals surface area contributed by atoms with Crippen LogP contribution in [0.25, 0.3) is 10.9 Å². The number of hydrogen-bond donors (Lipinski definition) is 2. The molecule has 1 aromatic heterocycles. The van der Waals surface area contributed by atoms with Crippen LogP contribution in [0.3, 0.4) is 0 Å². The minimum Gasteiger partial charge on any atom is -0.361 e. The summed E-state index contributed by atoms with van der Waals surface area (Å²) < 4.78 is 0. The van der Waals surface area contributed by atoms with E-state index in [1.54, 1.807) is 0 Å². The van der Waals surface area contributed by atoms with Gasteiger partial charge in [0.05, 0.1) is 0 Å². The second-order valence-corrected chi connectivity index (χ2v) is 3.50. The van der Waals surface area contributed by atoms with Crippen LogP contribution in [0, 0.1) is 13.8 Å². The predicted octanol–water partition coefficient (Wildman–Crippen LogP) is 2.24. The first kappa shape index (κ1) is 8.32. The van der Waals surface area contributed by atoms with E-state index in [0.717, 1.165) is 0 Å². The average molecular weight is 174 g/mol. The first-order chi connectivity index (χ1) is 6.22. The summed E-state index contributed by atoms with van der Waals surface area (Å²) in [5, 5.41) is 1.28. The van der Waals surface area contributed by atoms with Gasteiger partial charge in [0, 0.05) is 23.6 Å². The molecule has 1 heterocycles. The zero-order valence-electron chi connectivity index (χ0n) is 8.02. The number of aromatic amines is 1. The second-order valence-electron chi connectivity index (χ2n) is 3.50. The maximum atomic E-state index is 5.65. The first-order valence-electron chi connectivity index (χ1n) is 4.49. The third-order valence-corrected chi connectivity index (χ3v) is 2.57. The van der Waals surface area contributed by atoms with Crippen molar-refractivity contribution in [2.75, 3.05) is 0 Å². The summed E-state index contributed by atoms with van der Waals surface area (Å²) in [5.41, 5.74) is 10.6.